The van der Waals surface area contributed by atoms with E-state index >= 15 is 0 Å². The molecule has 0 bridgehead atoms. The normalized spacial score (nSPS) is 14.3. The van der Waals surface area contributed by atoms with Crippen molar-refractivity contribution in [1.82, 2.24) is 4.98 Å². The number of nitrogens with one attached hydrogen (secondary N) is 1. The van der Waals surface area contributed by atoms with E-state index in [-0.39, 0.29) is 0 Å². The third kappa shape index (κ3) is 4.19. The van der Waals surface area contributed by atoms with Crippen LogP contribution in [0.4, 0.5) is 5.69 Å². The summed E-state index contributed by atoms with van der Waals surface area (Å²) in [6, 6.07) is 5.40. The fourth-order valence-electron chi connectivity index (χ4n) is 2.72. The molecule has 0 unspecified atom stereocenters. The highest BCUT2D eigenvalue weighted by atomic mass is 35.5. The van der Waals surface area contributed by atoms with E-state index in [2.05, 4.69) is 10.3 Å². The molecule has 1 aliphatic rings. The summed E-state index contributed by atoms with van der Waals surface area (Å²) < 4.78 is 5.13. The quantitative estimate of drug-likeness (QED) is 0.627. The van der Waals surface area contributed by atoms with Crippen molar-refractivity contribution < 1.29 is 4.74 Å². The maximum Gasteiger partial charge on any atom is 0.193 e. The largest absolute Gasteiger partial charge is 0.495 e. The number of fused-ring (bicyclic) bond motifs is 1. The molecule has 0 aliphatic heterocycles. The Morgan fingerprint density at radius 3 is 3.00 bits per heavy atom. The molecule has 1 aliphatic carbocycles. The molecule has 2 aromatic rings. The minimum Gasteiger partial charge on any atom is -0.495 e. The summed E-state index contributed by atoms with van der Waals surface area (Å²) >= 11 is 7.92. The molecule has 128 valence electrons. The number of nitrogens with zero attached hydrogens (tertiary/aromatic N) is 2. The highest BCUT2D eigenvalue weighted by molar-refractivity contribution is 7.11. The zero-order valence-electron chi connectivity index (χ0n) is 13.6. The van der Waals surface area contributed by atoms with Crippen LogP contribution in [0.5, 0.6) is 5.75 Å². The number of aliphatic imine (C=N–C) groups is 1. The Morgan fingerprint density at radius 2 is 2.25 bits per heavy atom. The van der Waals surface area contributed by atoms with Crippen LogP contribution in [-0.2, 0) is 19.3 Å². The van der Waals surface area contributed by atoms with Crippen molar-refractivity contribution in [2.75, 3.05) is 19.0 Å². The van der Waals surface area contributed by atoms with Gasteiger partial charge in [0.05, 0.1) is 22.8 Å². The lowest BCUT2D eigenvalue weighted by Gasteiger charge is -2.08. The molecule has 0 radical (unpaired) electrons. The Hall–Kier alpha value is -1.79. The molecule has 24 heavy (non-hydrogen) atoms. The predicted molar refractivity (Wildman–Crippen MR) is 101 cm³/mol. The van der Waals surface area contributed by atoms with Crippen molar-refractivity contribution in [3.8, 4) is 5.75 Å². The van der Waals surface area contributed by atoms with E-state index in [1.807, 2.05) is 17.4 Å². The van der Waals surface area contributed by atoms with Gasteiger partial charge in [0.1, 0.15) is 5.75 Å². The van der Waals surface area contributed by atoms with Gasteiger partial charge in [-0.15, -0.1) is 11.3 Å². The van der Waals surface area contributed by atoms with Gasteiger partial charge in [-0.2, -0.15) is 0 Å². The van der Waals surface area contributed by atoms with E-state index in [1.165, 1.54) is 29.8 Å². The summed E-state index contributed by atoms with van der Waals surface area (Å²) in [6.07, 6.45) is 5.67. The van der Waals surface area contributed by atoms with Gasteiger partial charge in [-0.3, -0.25) is 4.99 Å². The number of benzene rings is 1. The van der Waals surface area contributed by atoms with Crippen molar-refractivity contribution in [2.45, 2.75) is 32.1 Å². The zero-order chi connectivity index (χ0) is 16.9. The number of halogens is 1. The number of hydrogen-bond acceptors (Lipinski definition) is 4. The second-order valence-corrected chi connectivity index (χ2v) is 7.25. The van der Waals surface area contributed by atoms with Gasteiger partial charge in [-0.25, -0.2) is 4.98 Å². The average molecular weight is 365 g/mol. The number of hydrogen-bond donors (Lipinski definition) is 2. The Kier molecular flexibility index (Phi) is 5.58. The zero-order valence-corrected chi connectivity index (χ0v) is 15.2. The van der Waals surface area contributed by atoms with Crippen LogP contribution in [0.3, 0.4) is 0 Å². The summed E-state index contributed by atoms with van der Waals surface area (Å²) in [4.78, 5) is 10.5. The van der Waals surface area contributed by atoms with Gasteiger partial charge in [-0.1, -0.05) is 11.6 Å². The van der Waals surface area contributed by atoms with Crippen LogP contribution in [0, 0.1) is 0 Å². The molecule has 1 aromatic heterocycles. The molecule has 5 nitrogen and oxygen atoms in total. The van der Waals surface area contributed by atoms with E-state index in [9.17, 15) is 0 Å². The third-order valence-corrected chi connectivity index (χ3v) is 5.43. The third-order valence-electron chi connectivity index (χ3n) is 3.92. The van der Waals surface area contributed by atoms with E-state index in [1.54, 1.807) is 19.2 Å². The molecule has 3 N–H and O–H groups in total. The number of aryl methyl sites for hydroxylation is 2. The van der Waals surface area contributed by atoms with Crippen molar-refractivity contribution in [2.24, 2.45) is 10.7 Å². The fraction of sp³-hybridized carbons (Fsp3) is 0.412. The highest BCUT2D eigenvalue weighted by Crippen LogP contribution is 2.28. The smallest absolute Gasteiger partial charge is 0.193 e. The molecule has 1 heterocycles. The fourth-order valence-corrected chi connectivity index (χ4v) is 4.12. The van der Waals surface area contributed by atoms with Gasteiger partial charge in [-0.05, 0) is 43.9 Å². The predicted octanol–water partition coefficient (Wildman–Crippen LogP) is 3.65. The first-order valence-electron chi connectivity index (χ1n) is 8.03. The molecule has 7 heteroatoms. The Balaban J connectivity index is 1.54. The van der Waals surface area contributed by atoms with Crippen molar-refractivity contribution in [3.05, 3.63) is 38.8 Å². The molecular formula is C17H21ClN4OS. The standard InChI is InChI=1S/C17H21ClN4OS/c1-23-14-7-6-11(10-12(14)18)21-17(19)20-9-8-16-22-13-4-2-3-5-15(13)24-16/h6-7,10H,2-5,8-9H2,1H3,(H3,19,20,21). The van der Waals surface area contributed by atoms with Crippen LogP contribution in [0.15, 0.2) is 23.2 Å². The summed E-state index contributed by atoms with van der Waals surface area (Å²) in [5, 5.41) is 4.73. The minimum absolute atomic E-state index is 0.373. The monoisotopic (exact) mass is 364 g/mol. The Labute approximate surface area is 150 Å². The number of aromatic nitrogens is 1. The summed E-state index contributed by atoms with van der Waals surface area (Å²) in [7, 11) is 1.58. The van der Waals surface area contributed by atoms with Gasteiger partial charge < -0.3 is 15.8 Å². The SMILES string of the molecule is COc1ccc(NC(N)=NCCc2nc3c(s2)CCCC3)cc1Cl. The molecular weight excluding hydrogens is 344 g/mol. The lowest BCUT2D eigenvalue weighted by Crippen LogP contribution is -2.23. The van der Waals surface area contributed by atoms with Crippen molar-refractivity contribution >= 4 is 34.6 Å². The van der Waals surface area contributed by atoms with Gasteiger partial charge >= 0.3 is 0 Å². The number of ether oxygens (including phenoxy) is 1. The van der Waals surface area contributed by atoms with Crippen LogP contribution in [0.25, 0.3) is 0 Å². The van der Waals surface area contributed by atoms with E-state index < -0.39 is 0 Å². The molecule has 0 fully saturated rings. The van der Waals surface area contributed by atoms with Crippen LogP contribution in [0.1, 0.15) is 28.4 Å². The number of guanidine groups is 1. The first-order chi connectivity index (χ1) is 11.7. The maximum atomic E-state index is 6.09. The molecule has 0 amide bonds. The second-order valence-electron chi connectivity index (χ2n) is 5.68. The second kappa shape index (κ2) is 7.85. The molecule has 0 spiro atoms. The molecule has 0 saturated heterocycles. The number of anilines is 1. The van der Waals surface area contributed by atoms with Crippen LogP contribution < -0.4 is 15.8 Å². The average Bonchev–Trinajstić information content (AvgIpc) is 2.97. The Bertz CT molecular complexity index is 721. The van der Waals surface area contributed by atoms with Gasteiger partial charge in [0.25, 0.3) is 0 Å². The Morgan fingerprint density at radius 1 is 1.42 bits per heavy atom. The first kappa shape index (κ1) is 17.0. The van der Waals surface area contributed by atoms with Crippen molar-refractivity contribution in [3.63, 3.8) is 0 Å². The highest BCUT2D eigenvalue weighted by Gasteiger charge is 2.14. The summed E-state index contributed by atoms with van der Waals surface area (Å²) in [5.74, 6) is 1.00. The maximum absolute atomic E-state index is 6.09. The number of methoxy groups -OCH3 is 1. The molecule has 1 aromatic carbocycles. The summed E-state index contributed by atoms with van der Waals surface area (Å²) in [5.41, 5.74) is 8.02. The lowest BCUT2D eigenvalue weighted by molar-refractivity contribution is 0.415. The molecule has 3 rings (SSSR count). The van der Waals surface area contributed by atoms with Crippen molar-refractivity contribution in [1.29, 1.82) is 0 Å². The minimum atomic E-state index is 0.373. The van der Waals surface area contributed by atoms with Gasteiger partial charge in [0, 0.05) is 23.5 Å². The number of rotatable bonds is 5. The lowest BCUT2D eigenvalue weighted by atomic mass is 10.0. The number of thiazole rings is 1. The van der Waals surface area contributed by atoms with E-state index in [0.29, 0.717) is 23.3 Å². The van der Waals surface area contributed by atoms with Crippen LogP contribution in [-0.4, -0.2) is 24.6 Å². The van der Waals surface area contributed by atoms with Crippen LogP contribution in [0.2, 0.25) is 5.02 Å². The van der Waals surface area contributed by atoms with Gasteiger partial charge in [0.2, 0.25) is 0 Å². The van der Waals surface area contributed by atoms with E-state index in [0.717, 1.165) is 23.5 Å². The topological polar surface area (TPSA) is 72.5 Å². The van der Waals surface area contributed by atoms with Crippen LogP contribution >= 0.6 is 22.9 Å². The summed E-state index contributed by atoms with van der Waals surface area (Å²) in [6.45, 7) is 0.620. The van der Waals surface area contributed by atoms with E-state index in [4.69, 9.17) is 27.1 Å². The number of nitrogens with two attached hydrogens (primary N) is 1. The first-order valence-corrected chi connectivity index (χ1v) is 9.23. The molecule has 0 saturated carbocycles. The molecule has 0 atom stereocenters. The van der Waals surface area contributed by atoms with Gasteiger partial charge in [0.15, 0.2) is 5.96 Å².